The molecule has 0 radical (unpaired) electrons. The lowest BCUT2D eigenvalue weighted by Gasteiger charge is -2.06. The lowest BCUT2D eigenvalue weighted by atomic mass is 10.2. The number of thiophene rings is 1. The van der Waals surface area contributed by atoms with Crippen molar-refractivity contribution in [2.24, 2.45) is 0 Å². The minimum absolute atomic E-state index is 0.819. The molecule has 0 spiro atoms. The van der Waals surface area contributed by atoms with E-state index in [1.165, 1.54) is 4.88 Å². The van der Waals surface area contributed by atoms with Crippen LogP contribution in [0.5, 0.6) is 0 Å². The minimum atomic E-state index is 0.819. The Hall–Kier alpha value is -1.37. The predicted molar refractivity (Wildman–Crippen MR) is 87.8 cm³/mol. The number of aromatic nitrogens is 4. The molecule has 0 atom stereocenters. The fourth-order valence-corrected chi connectivity index (χ4v) is 4.09. The summed E-state index contributed by atoms with van der Waals surface area (Å²) >= 11 is 9.24. The number of thioether (sulfide) groups is 1. The van der Waals surface area contributed by atoms with E-state index >= 15 is 0 Å². The molecule has 0 aromatic carbocycles. The van der Waals surface area contributed by atoms with E-state index in [4.69, 9.17) is 11.6 Å². The topological polar surface area (TPSA) is 43.6 Å². The van der Waals surface area contributed by atoms with E-state index < -0.39 is 0 Å². The second-order valence-electron chi connectivity index (χ2n) is 4.28. The zero-order chi connectivity index (χ0) is 14.7. The van der Waals surface area contributed by atoms with Crippen LogP contribution in [0, 0.1) is 0 Å². The third-order valence-electron chi connectivity index (χ3n) is 2.94. The lowest BCUT2D eigenvalue weighted by molar-refractivity contribution is 0.687. The molecule has 0 saturated heterocycles. The molecule has 0 amide bonds. The molecule has 0 aliphatic rings. The highest BCUT2D eigenvalue weighted by Gasteiger charge is 2.13. The average molecular weight is 337 g/mol. The van der Waals surface area contributed by atoms with Crippen molar-refractivity contribution in [3.8, 4) is 11.4 Å². The van der Waals surface area contributed by atoms with Crippen molar-refractivity contribution in [2.75, 3.05) is 0 Å². The van der Waals surface area contributed by atoms with Crippen molar-refractivity contribution in [3.05, 3.63) is 45.9 Å². The Bertz CT molecular complexity index is 724. The minimum Gasteiger partial charge on any atom is -0.302 e. The van der Waals surface area contributed by atoms with Crippen LogP contribution in [0.4, 0.5) is 0 Å². The van der Waals surface area contributed by atoms with E-state index in [0.717, 1.165) is 33.2 Å². The Morgan fingerprint density at radius 3 is 2.67 bits per heavy atom. The fourth-order valence-electron chi connectivity index (χ4n) is 1.96. The first kappa shape index (κ1) is 14.6. The molecule has 3 aromatic heterocycles. The third kappa shape index (κ3) is 3.28. The van der Waals surface area contributed by atoms with Crippen molar-refractivity contribution in [1.82, 2.24) is 19.7 Å². The van der Waals surface area contributed by atoms with Crippen molar-refractivity contribution in [3.63, 3.8) is 0 Å². The zero-order valence-electron chi connectivity index (χ0n) is 11.4. The number of halogens is 1. The van der Waals surface area contributed by atoms with Gasteiger partial charge in [-0.1, -0.05) is 23.4 Å². The summed E-state index contributed by atoms with van der Waals surface area (Å²) in [4.78, 5) is 5.27. The van der Waals surface area contributed by atoms with E-state index in [9.17, 15) is 0 Å². The molecule has 0 fully saturated rings. The van der Waals surface area contributed by atoms with Gasteiger partial charge in [-0.3, -0.25) is 4.98 Å². The molecule has 4 nitrogen and oxygen atoms in total. The summed E-state index contributed by atoms with van der Waals surface area (Å²) in [6.45, 7) is 2.93. The molecule has 0 aliphatic heterocycles. The third-order valence-corrected chi connectivity index (χ3v) is 5.37. The molecular formula is C14H13ClN4S2. The maximum atomic E-state index is 5.96. The molecule has 0 aliphatic carbocycles. The molecule has 0 unspecified atom stereocenters. The van der Waals surface area contributed by atoms with Crippen LogP contribution < -0.4 is 0 Å². The lowest BCUT2D eigenvalue weighted by Crippen LogP contribution is -1.99. The Kier molecular flexibility index (Phi) is 4.57. The highest BCUT2D eigenvalue weighted by molar-refractivity contribution is 7.98. The van der Waals surface area contributed by atoms with Gasteiger partial charge in [-0.2, -0.15) is 0 Å². The maximum absolute atomic E-state index is 5.96. The van der Waals surface area contributed by atoms with Crippen LogP contribution in [0.3, 0.4) is 0 Å². The molecule has 0 bridgehead atoms. The summed E-state index contributed by atoms with van der Waals surface area (Å²) in [7, 11) is 0. The summed E-state index contributed by atoms with van der Waals surface area (Å²) in [5.41, 5.74) is 1.03. The van der Waals surface area contributed by atoms with E-state index in [1.807, 2.05) is 18.2 Å². The van der Waals surface area contributed by atoms with Gasteiger partial charge in [0.05, 0.1) is 4.34 Å². The zero-order valence-corrected chi connectivity index (χ0v) is 13.8. The molecule has 0 saturated carbocycles. The molecule has 3 rings (SSSR count). The fraction of sp³-hybridized carbons (Fsp3) is 0.214. The Morgan fingerprint density at radius 1 is 1.19 bits per heavy atom. The smallest absolute Gasteiger partial charge is 0.191 e. The molecule has 108 valence electrons. The first-order valence-corrected chi connectivity index (χ1v) is 8.66. The van der Waals surface area contributed by atoms with Crippen LogP contribution in [0.25, 0.3) is 11.4 Å². The molecular weight excluding hydrogens is 324 g/mol. The monoisotopic (exact) mass is 336 g/mol. The molecule has 7 heteroatoms. The number of hydrogen-bond donors (Lipinski definition) is 0. The average Bonchev–Trinajstić information content (AvgIpc) is 3.11. The Labute approximate surface area is 136 Å². The van der Waals surface area contributed by atoms with Gasteiger partial charge in [0.1, 0.15) is 0 Å². The van der Waals surface area contributed by atoms with Crippen LogP contribution in [0.2, 0.25) is 4.34 Å². The summed E-state index contributed by atoms with van der Waals surface area (Å²) in [6, 6.07) is 7.87. The van der Waals surface area contributed by atoms with Crippen molar-refractivity contribution < 1.29 is 0 Å². The second kappa shape index (κ2) is 6.60. The van der Waals surface area contributed by atoms with Crippen molar-refractivity contribution in [1.29, 1.82) is 0 Å². The second-order valence-corrected chi connectivity index (χ2v) is 7.02. The van der Waals surface area contributed by atoms with Crippen LogP contribution in [-0.4, -0.2) is 19.7 Å². The first-order chi connectivity index (χ1) is 10.3. The predicted octanol–water partition coefficient (Wildman–Crippen LogP) is 4.37. The standard InChI is InChI=1S/C14H13ClN4S2/c1-2-19-13(10-5-7-16-8-6-10)17-18-14(19)20-9-11-3-4-12(15)21-11/h3-8H,2,9H2,1H3. The SMILES string of the molecule is CCn1c(SCc2ccc(Cl)s2)nnc1-c1ccncc1. The number of rotatable bonds is 5. The van der Waals surface area contributed by atoms with Gasteiger partial charge in [0.2, 0.25) is 0 Å². The summed E-state index contributed by atoms with van der Waals surface area (Å²) in [5.74, 6) is 1.73. The summed E-state index contributed by atoms with van der Waals surface area (Å²) < 4.78 is 2.94. The first-order valence-electron chi connectivity index (χ1n) is 6.48. The van der Waals surface area contributed by atoms with Gasteiger partial charge in [-0.05, 0) is 31.2 Å². The van der Waals surface area contributed by atoms with Gasteiger partial charge in [0.25, 0.3) is 0 Å². The maximum Gasteiger partial charge on any atom is 0.191 e. The van der Waals surface area contributed by atoms with Gasteiger partial charge < -0.3 is 4.57 Å². The van der Waals surface area contributed by atoms with E-state index in [1.54, 1.807) is 35.5 Å². The van der Waals surface area contributed by atoms with Crippen molar-refractivity contribution in [2.45, 2.75) is 24.4 Å². The van der Waals surface area contributed by atoms with E-state index in [0.29, 0.717) is 0 Å². The van der Waals surface area contributed by atoms with Crippen LogP contribution in [0.1, 0.15) is 11.8 Å². The molecule has 0 N–H and O–H groups in total. The highest BCUT2D eigenvalue weighted by atomic mass is 35.5. The van der Waals surface area contributed by atoms with Crippen molar-refractivity contribution >= 4 is 34.7 Å². The van der Waals surface area contributed by atoms with Gasteiger partial charge in [0.15, 0.2) is 11.0 Å². The number of pyridine rings is 1. The van der Waals surface area contributed by atoms with Gasteiger partial charge in [-0.25, -0.2) is 0 Å². The van der Waals surface area contributed by atoms with Crippen LogP contribution in [-0.2, 0) is 12.3 Å². The van der Waals surface area contributed by atoms with Crippen LogP contribution >= 0.6 is 34.7 Å². The normalized spacial score (nSPS) is 11.0. The Morgan fingerprint density at radius 2 is 2.00 bits per heavy atom. The van der Waals surface area contributed by atoms with Gasteiger partial charge >= 0.3 is 0 Å². The quantitative estimate of drug-likeness (QED) is 0.649. The van der Waals surface area contributed by atoms with E-state index in [2.05, 4.69) is 32.7 Å². The number of hydrogen-bond acceptors (Lipinski definition) is 5. The highest BCUT2D eigenvalue weighted by Crippen LogP contribution is 2.30. The number of nitrogens with zero attached hydrogens (tertiary/aromatic N) is 4. The molecule has 21 heavy (non-hydrogen) atoms. The molecule has 3 heterocycles. The van der Waals surface area contributed by atoms with E-state index in [-0.39, 0.29) is 0 Å². The summed E-state index contributed by atoms with van der Waals surface area (Å²) in [5, 5.41) is 9.55. The van der Waals surface area contributed by atoms with Gasteiger partial charge in [-0.15, -0.1) is 21.5 Å². The van der Waals surface area contributed by atoms with Crippen LogP contribution in [0.15, 0.2) is 41.8 Å². The largest absolute Gasteiger partial charge is 0.302 e. The summed E-state index contributed by atoms with van der Waals surface area (Å²) in [6.07, 6.45) is 3.54. The molecule has 3 aromatic rings. The van der Waals surface area contributed by atoms with Gasteiger partial charge in [0, 0.05) is 35.1 Å². The Balaban J connectivity index is 1.82.